The molecule has 4 aromatic rings. The van der Waals surface area contributed by atoms with Crippen LogP contribution in [0.15, 0.2) is 71.9 Å². The summed E-state index contributed by atoms with van der Waals surface area (Å²) in [5.74, 6) is 2.28. The Labute approximate surface area is 190 Å². The van der Waals surface area contributed by atoms with Crippen molar-refractivity contribution in [3.05, 3.63) is 78.1 Å². The van der Waals surface area contributed by atoms with Crippen LogP contribution in [0.3, 0.4) is 0 Å². The van der Waals surface area contributed by atoms with E-state index in [4.69, 9.17) is 14.2 Å². The Morgan fingerprint density at radius 3 is 2.22 bits per heavy atom. The van der Waals surface area contributed by atoms with Crippen molar-refractivity contribution in [2.75, 3.05) is 21.3 Å². The Morgan fingerprint density at radius 1 is 0.812 bits per heavy atom. The predicted molar refractivity (Wildman–Crippen MR) is 122 cm³/mol. The van der Waals surface area contributed by atoms with Gasteiger partial charge in [0.1, 0.15) is 0 Å². The maximum Gasteiger partial charge on any atom is 0.196 e. The van der Waals surface area contributed by atoms with Crippen LogP contribution in [0.1, 0.15) is 5.56 Å². The summed E-state index contributed by atoms with van der Waals surface area (Å²) in [5, 5.41) is 9.54. The van der Waals surface area contributed by atoms with Gasteiger partial charge in [-0.3, -0.25) is 4.57 Å². The molecule has 0 saturated heterocycles. The molecule has 0 unspecified atom stereocenters. The first-order valence-corrected chi connectivity index (χ1v) is 10.8. The summed E-state index contributed by atoms with van der Waals surface area (Å²) in [6.07, 6.45) is 0. The van der Waals surface area contributed by atoms with E-state index in [1.165, 1.54) is 24.9 Å². The molecular weight excluding hydrogens is 429 g/mol. The topological polar surface area (TPSA) is 58.4 Å². The van der Waals surface area contributed by atoms with Crippen LogP contribution in [-0.2, 0) is 5.75 Å². The van der Waals surface area contributed by atoms with Crippen molar-refractivity contribution in [3.8, 4) is 34.3 Å². The fraction of sp³-hybridized carbons (Fsp3) is 0.167. The van der Waals surface area contributed by atoms with Gasteiger partial charge in [-0.05, 0) is 29.8 Å². The number of ether oxygens (including phenoxy) is 3. The monoisotopic (exact) mass is 451 g/mol. The van der Waals surface area contributed by atoms with Crippen LogP contribution >= 0.6 is 11.8 Å². The second-order valence-corrected chi connectivity index (χ2v) is 7.75. The van der Waals surface area contributed by atoms with Crippen molar-refractivity contribution < 1.29 is 18.6 Å². The molecule has 0 aliphatic heterocycles. The molecule has 164 valence electrons. The quantitative estimate of drug-likeness (QED) is 0.335. The molecule has 0 fully saturated rings. The second-order valence-electron chi connectivity index (χ2n) is 6.80. The van der Waals surface area contributed by atoms with E-state index >= 15 is 0 Å². The molecule has 0 spiro atoms. The smallest absolute Gasteiger partial charge is 0.196 e. The second kappa shape index (κ2) is 9.74. The number of halogens is 1. The third-order valence-electron chi connectivity index (χ3n) is 4.87. The van der Waals surface area contributed by atoms with Gasteiger partial charge >= 0.3 is 0 Å². The molecule has 4 rings (SSSR count). The third-order valence-corrected chi connectivity index (χ3v) is 5.87. The highest BCUT2D eigenvalue weighted by Crippen LogP contribution is 2.34. The summed E-state index contributed by atoms with van der Waals surface area (Å²) in [6.45, 7) is 0. The molecule has 32 heavy (non-hydrogen) atoms. The van der Waals surface area contributed by atoms with Gasteiger partial charge in [-0.2, -0.15) is 0 Å². The lowest BCUT2D eigenvalue weighted by atomic mass is 10.2. The molecule has 0 atom stereocenters. The van der Waals surface area contributed by atoms with E-state index in [9.17, 15) is 4.39 Å². The molecule has 0 radical (unpaired) electrons. The number of nitrogens with zero attached hydrogens (tertiary/aromatic N) is 3. The molecule has 1 aromatic heterocycles. The molecule has 1 heterocycles. The van der Waals surface area contributed by atoms with Crippen LogP contribution in [-0.4, -0.2) is 36.1 Å². The van der Waals surface area contributed by atoms with Gasteiger partial charge in [0, 0.05) is 17.4 Å². The largest absolute Gasteiger partial charge is 0.494 e. The van der Waals surface area contributed by atoms with E-state index in [0.717, 1.165) is 16.8 Å². The highest BCUT2D eigenvalue weighted by Gasteiger charge is 2.18. The Balaban J connectivity index is 1.73. The van der Waals surface area contributed by atoms with Gasteiger partial charge in [0.2, 0.25) is 0 Å². The molecular formula is C24H22FN3O3S. The number of benzene rings is 3. The first-order chi connectivity index (χ1) is 15.6. The van der Waals surface area contributed by atoms with Crippen molar-refractivity contribution in [2.24, 2.45) is 0 Å². The first kappa shape index (κ1) is 21.7. The molecule has 6 nitrogen and oxygen atoms in total. The normalized spacial score (nSPS) is 10.8. The van der Waals surface area contributed by atoms with E-state index in [-0.39, 0.29) is 5.75 Å². The van der Waals surface area contributed by atoms with E-state index < -0.39 is 5.82 Å². The summed E-state index contributed by atoms with van der Waals surface area (Å²) < 4.78 is 31.9. The number of thioether (sulfide) groups is 1. The van der Waals surface area contributed by atoms with Crippen LogP contribution in [0.5, 0.6) is 17.2 Å². The molecule has 0 N–H and O–H groups in total. The standard InChI is InChI=1S/C24H22FN3O3S/c1-29-20-11-9-16(13-19(20)25)15-32-24-27-26-23(17-7-5-4-6-8-17)28(24)18-10-12-21(30-2)22(14-18)31-3/h4-14H,15H2,1-3H3. The van der Waals surface area contributed by atoms with E-state index in [1.807, 2.05) is 59.2 Å². The van der Waals surface area contributed by atoms with Gasteiger partial charge in [-0.15, -0.1) is 10.2 Å². The van der Waals surface area contributed by atoms with Crippen molar-refractivity contribution in [3.63, 3.8) is 0 Å². The van der Waals surface area contributed by atoms with E-state index in [2.05, 4.69) is 10.2 Å². The fourth-order valence-electron chi connectivity index (χ4n) is 3.28. The van der Waals surface area contributed by atoms with Crippen LogP contribution in [0.4, 0.5) is 4.39 Å². The van der Waals surface area contributed by atoms with Gasteiger partial charge < -0.3 is 14.2 Å². The first-order valence-electron chi connectivity index (χ1n) is 9.83. The summed E-state index contributed by atoms with van der Waals surface area (Å²) in [5.41, 5.74) is 2.57. The van der Waals surface area contributed by atoms with E-state index in [1.54, 1.807) is 20.3 Å². The highest BCUT2D eigenvalue weighted by atomic mass is 32.2. The Kier molecular flexibility index (Phi) is 6.61. The third kappa shape index (κ3) is 4.40. The summed E-state index contributed by atoms with van der Waals surface area (Å²) in [6, 6.07) is 20.4. The summed E-state index contributed by atoms with van der Waals surface area (Å²) >= 11 is 1.47. The average molecular weight is 452 g/mol. The van der Waals surface area contributed by atoms with Crippen molar-refractivity contribution in [1.29, 1.82) is 0 Å². The molecule has 3 aromatic carbocycles. The van der Waals surface area contributed by atoms with Gasteiger partial charge in [-0.25, -0.2) is 4.39 Å². The Hall–Kier alpha value is -3.52. The zero-order valence-electron chi connectivity index (χ0n) is 17.9. The lowest BCUT2D eigenvalue weighted by Crippen LogP contribution is -2.01. The number of rotatable bonds is 8. The lowest BCUT2D eigenvalue weighted by Gasteiger charge is -2.14. The SMILES string of the molecule is COc1ccc(CSc2nnc(-c3ccccc3)n2-c2ccc(OC)c(OC)c2)cc1F. The number of aromatic nitrogens is 3. The summed E-state index contributed by atoms with van der Waals surface area (Å²) in [4.78, 5) is 0. The van der Waals surface area contributed by atoms with Crippen LogP contribution < -0.4 is 14.2 Å². The van der Waals surface area contributed by atoms with Crippen LogP contribution in [0.2, 0.25) is 0 Å². The minimum atomic E-state index is -0.392. The molecule has 0 aliphatic carbocycles. The number of methoxy groups -OCH3 is 3. The molecule has 0 bridgehead atoms. The van der Waals surface area contributed by atoms with Crippen molar-refractivity contribution >= 4 is 11.8 Å². The zero-order chi connectivity index (χ0) is 22.5. The van der Waals surface area contributed by atoms with E-state index in [0.29, 0.717) is 28.2 Å². The van der Waals surface area contributed by atoms with Crippen LogP contribution in [0, 0.1) is 5.82 Å². The van der Waals surface area contributed by atoms with Gasteiger partial charge in [0.05, 0.1) is 27.0 Å². The number of hydrogen-bond acceptors (Lipinski definition) is 6. The lowest BCUT2D eigenvalue weighted by molar-refractivity contribution is 0.355. The van der Waals surface area contributed by atoms with Crippen molar-refractivity contribution in [2.45, 2.75) is 10.9 Å². The molecule has 0 amide bonds. The zero-order valence-corrected chi connectivity index (χ0v) is 18.7. The highest BCUT2D eigenvalue weighted by molar-refractivity contribution is 7.98. The van der Waals surface area contributed by atoms with Crippen LogP contribution in [0.25, 0.3) is 17.1 Å². The van der Waals surface area contributed by atoms with Gasteiger partial charge in [0.15, 0.2) is 34.0 Å². The van der Waals surface area contributed by atoms with Gasteiger partial charge in [-0.1, -0.05) is 48.2 Å². The predicted octanol–water partition coefficient (Wildman–Crippen LogP) is 5.39. The van der Waals surface area contributed by atoms with Crippen molar-refractivity contribution in [1.82, 2.24) is 14.8 Å². The Bertz CT molecular complexity index is 1210. The average Bonchev–Trinajstić information content (AvgIpc) is 3.27. The molecule has 0 saturated carbocycles. The summed E-state index contributed by atoms with van der Waals surface area (Å²) in [7, 11) is 4.64. The minimum Gasteiger partial charge on any atom is -0.494 e. The molecule has 8 heteroatoms. The number of hydrogen-bond donors (Lipinski definition) is 0. The van der Waals surface area contributed by atoms with Gasteiger partial charge in [0.25, 0.3) is 0 Å². The Morgan fingerprint density at radius 2 is 1.53 bits per heavy atom. The maximum absolute atomic E-state index is 14.1. The minimum absolute atomic E-state index is 0.221. The maximum atomic E-state index is 14.1. The molecule has 0 aliphatic rings. The fourth-order valence-corrected chi connectivity index (χ4v) is 4.18.